The van der Waals surface area contributed by atoms with E-state index < -0.39 is 0 Å². The smallest absolute Gasteiger partial charge is 0.233 e. The topological polar surface area (TPSA) is 38.8 Å². The summed E-state index contributed by atoms with van der Waals surface area (Å²) in [4.78, 5) is 15.6. The zero-order valence-electron chi connectivity index (χ0n) is 17.5. The van der Waals surface area contributed by atoms with Crippen molar-refractivity contribution in [2.45, 2.75) is 17.4 Å². The lowest BCUT2D eigenvalue weighted by molar-refractivity contribution is -0.130. The first-order valence-corrected chi connectivity index (χ1v) is 11.1. The van der Waals surface area contributed by atoms with E-state index in [4.69, 9.17) is 9.47 Å². The molecule has 0 aliphatic carbocycles. The number of hydrogen-bond donors (Lipinski definition) is 0. The van der Waals surface area contributed by atoms with Crippen LogP contribution in [-0.4, -0.2) is 37.3 Å². The van der Waals surface area contributed by atoms with Crippen molar-refractivity contribution in [2.75, 3.05) is 26.5 Å². The van der Waals surface area contributed by atoms with Crippen LogP contribution in [0.3, 0.4) is 0 Å². The van der Waals surface area contributed by atoms with Crippen molar-refractivity contribution in [3.05, 3.63) is 89.2 Å². The van der Waals surface area contributed by atoms with Gasteiger partial charge in [0.1, 0.15) is 5.82 Å². The number of amides is 1. The van der Waals surface area contributed by atoms with Crippen molar-refractivity contribution < 1.29 is 18.7 Å². The Morgan fingerprint density at radius 3 is 2.42 bits per heavy atom. The van der Waals surface area contributed by atoms with E-state index >= 15 is 0 Å². The zero-order chi connectivity index (χ0) is 21.8. The lowest BCUT2D eigenvalue weighted by Gasteiger charge is -2.38. The quantitative estimate of drug-likeness (QED) is 0.503. The molecule has 0 radical (unpaired) electrons. The molecular formula is C25H24FNO3S. The fraction of sp³-hybridized carbons (Fsp3) is 0.240. The highest BCUT2D eigenvalue weighted by atomic mass is 32.2. The first-order valence-electron chi connectivity index (χ1n) is 10.1. The molecule has 1 amide bonds. The van der Waals surface area contributed by atoms with Gasteiger partial charge in [-0.15, -0.1) is 11.8 Å². The summed E-state index contributed by atoms with van der Waals surface area (Å²) in [6, 6.07) is 20.2. The number of nitrogens with zero attached hydrogens (tertiary/aromatic N) is 1. The van der Waals surface area contributed by atoms with E-state index in [-0.39, 0.29) is 23.5 Å². The van der Waals surface area contributed by atoms with Gasteiger partial charge in [-0.05, 0) is 47.4 Å². The lowest BCUT2D eigenvalue weighted by atomic mass is 9.87. The molecule has 3 aromatic rings. The number of methoxy groups -OCH3 is 2. The van der Waals surface area contributed by atoms with Crippen molar-refractivity contribution in [1.29, 1.82) is 0 Å². The van der Waals surface area contributed by atoms with E-state index in [0.29, 0.717) is 22.9 Å². The molecule has 0 unspecified atom stereocenters. The molecule has 0 bridgehead atoms. The summed E-state index contributed by atoms with van der Waals surface area (Å²) in [6.45, 7) is 0.582. The third-order valence-corrected chi connectivity index (χ3v) is 6.53. The van der Waals surface area contributed by atoms with Crippen molar-refractivity contribution in [3.63, 3.8) is 0 Å². The minimum atomic E-state index is -0.305. The molecule has 1 aliphatic rings. The van der Waals surface area contributed by atoms with Crippen LogP contribution >= 0.6 is 11.8 Å². The molecule has 0 aromatic heterocycles. The highest BCUT2D eigenvalue weighted by Gasteiger charge is 2.33. The number of carbonyl (C=O) groups excluding carboxylic acids is 1. The van der Waals surface area contributed by atoms with Gasteiger partial charge in [0.05, 0.1) is 26.0 Å². The number of rotatable bonds is 6. The van der Waals surface area contributed by atoms with Crippen LogP contribution in [0.2, 0.25) is 0 Å². The van der Waals surface area contributed by atoms with Gasteiger partial charge in [-0.2, -0.15) is 0 Å². The van der Waals surface area contributed by atoms with Gasteiger partial charge in [-0.3, -0.25) is 4.79 Å². The van der Waals surface area contributed by atoms with Gasteiger partial charge in [-0.1, -0.05) is 42.5 Å². The first kappa shape index (κ1) is 21.2. The Morgan fingerprint density at radius 2 is 1.71 bits per heavy atom. The second-order valence-corrected chi connectivity index (χ2v) is 8.29. The Hall–Kier alpha value is -2.99. The maximum Gasteiger partial charge on any atom is 0.233 e. The summed E-state index contributed by atoms with van der Waals surface area (Å²) in [6.07, 6.45) is 0.717. The Kier molecular flexibility index (Phi) is 6.47. The fourth-order valence-corrected chi connectivity index (χ4v) is 4.82. The molecular weight excluding hydrogens is 413 g/mol. The van der Waals surface area contributed by atoms with Crippen LogP contribution in [0.4, 0.5) is 4.39 Å². The van der Waals surface area contributed by atoms with Crippen LogP contribution in [-0.2, 0) is 11.2 Å². The van der Waals surface area contributed by atoms with Crippen molar-refractivity contribution in [2.24, 2.45) is 0 Å². The average Bonchev–Trinajstić information content (AvgIpc) is 2.82. The van der Waals surface area contributed by atoms with E-state index in [9.17, 15) is 9.18 Å². The Balaban J connectivity index is 1.68. The molecule has 3 aromatic carbocycles. The molecule has 0 saturated carbocycles. The molecule has 31 heavy (non-hydrogen) atoms. The maximum atomic E-state index is 14.0. The third-order valence-electron chi connectivity index (χ3n) is 5.50. The minimum absolute atomic E-state index is 0.0254. The van der Waals surface area contributed by atoms with Gasteiger partial charge in [0.15, 0.2) is 11.5 Å². The van der Waals surface area contributed by atoms with E-state index in [0.717, 1.165) is 23.1 Å². The number of ether oxygens (including phenoxy) is 2. The van der Waals surface area contributed by atoms with Gasteiger partial charge in [0, 0.05) is 11.4 Å². The largest absolute Gasteiger partial charge is 0.493 e. The molecule has 4 rings (SSSR count). The predicted molar refractivity (Wildman–Crippen MR) is 120 cm³/mol. The number of fused-ring (bicyclic) bond motifs is 1. The highest BCUT2D eigenvalue weighted by Crippen LogP contribution is 2.41. The minimum Gasteiger partial charge on any atom is -0.493 e. The Labute approximate surface area is 186 Å². The second-order valence-electron chi connectivity index (χ2n) is 7.28. The van der Waals surface area contributed by atoms with Crippen LogP contribution in [0.25, 0.3) is 0 Å². The standard InChI is InChI=1S/C25H24FNO3S/c1-29-21-14-18-12-13-27(24(28)16-31-23-11-7-6-10-20(23)26)25(17-8-4-3-5-9-17)19(18)15-22(21)30-2/h3-11,14-15,25H,12-13,16H2,1-2H3/t25-/m0/s1. The van der Waals surface area contributed by atoms with Crippen LogP contribution in [0.1, 0.15) is 22.7 Å². The van der Waals surface area contributed by atoms with Crippen molar-refractivity contribution in [1.82, 2.24) is 4.90 Å². The molecule has 160 valence electrons. The number of thioether (sulfide) groups is 1. The van der Waals surface area contributed by atoms with E-state index in [1.807, 2.05) is 47.4 Å². The summed E-state index contributed by atoms with van der Waals surface area (Å²) in [7, 11) is 3.23. The van der Waals surface area contributed by atoms with Gasteiger partial charge >= 0.3 is 0 Å². The van der Waals surface area contributed by atoms with Crippen LogP contribution in [0.5, 0.6) is 11.5 Å². The molecule has 0 spiro atoms. The van der Waals surface area contributed by atoms with Gasteiger partial charge in [0.2, 0.25) is 5.91 Å². The zero-order valence-corrected chi connectivity index (χ0v) is 18.3. The molecule has 1 aliphatic heterocycles. The molecule has 4 nitrogen and oxygen atoms in total. The molecule has 0 fully saturated rings. The van der Waals surface area contributed by atoms with Crippen molar-refractivity contribution >= 4 is 17.7 Å². The summed E-state index contributed by atoms with van der Waals surface area (Å²) < 4.78 is 25.0. The number of benzene rings is 3. The predicted octanol–water partition coefficient (Wildman–Crippen LogP) is 5.11. The SMILES string of the molecule is COc1cc2c(cc1OC)[C@H](c1ccccc1)N(C(=O)CSc1ccccc1F)CC2. The third kappa shape index (κ3) is 4.39. The number of carbonyl (C=O) groups is 1. The number of halogens is 1. The second kappa shape index (κ2) is 9.43. The molecule has 0 N–H and O–H groups in total. The van der Waals surface area contributed by atoms with Crippen LogP contribution in [0.15, 0.2) is 71.6 Å². The summed E-state index contributed by atoms with van der Waals surface area (Å²) in [5.41, 5.74) is 3.19. The normalized spacial score (nSPS) is 15.3. The van der Waals surface area contributed by atoms with Gasteiger partial charge in [0.25, 0.3) is 0 Å². The average molecular weight is 438 g/mol. The van der Waals surface area contributed by atoms with Crippen molar-refractivity contribution in [3.8, 4) is 11.5 Å². The lowest BCUT2D eigenvalue weighted by Crippen LogP contribution is -2.41. The molecule has 1 heterocycles. The van der Waals surface area contributed by atoms with E-state index in [1.54, 1.807) is 32.4 Å². The fourth-order valence-electron chi connectivity index (χ4n) is 3.99. The monoisotopic (exact) mass is 437 g/mol. The van der Waals surface area contributed by atoms with Gasteiger partial charge < -0.3 is 14.4 Å². The van der Waals surface area contributed by atoms with Crippen LogP contribution < -0.4 is 9.47 Å². The Morgan fingerprint density at radius 1 is 1.03 bits per heavy atom. The summed E-state index contributed by atoms with van der Waals surface area (Å²) in [5, 5.41) is 0. The molecule has 0 saturated heterocycles. The summed E-state index contributed by atoms with van der Waals surface area (Å²) >= 11 is 1.23. The molecule has 6 heteroatoms. The first-order chi connectivity index (χ1) is 15.1. The highest BCUT2D eigenvalue weighted by molar-refractivity contribution is 8.00. The summed E-state index contributed by atoms with van der Waals surface area (Å²) in [5.74, 6) is 1.16. The Bertz CT molecular complexity index is 1070. The number of hydrogen-bond acceptors (Lipinski definition) is 4. The molecule has 1 atom stereocenters. The van der Waals surface area contributed by atoms with Gasteiger partial charge in [-0.25, -0.2) is 4.39 Å². The van der Waals surface area contributed by atoms with Crippen LogP contribution in [0, 0.1) is 5.82 Å². The van der Waals surface area contributed by atoms with E-state index in [2.05, 4.69) is 0 Å². The van der Waals surface area contributed by atoms with E-state index in [1.165, 1.54) is 17.8 Å². The maximum absolute atomic E-state index is 14.0.